The van der Waals surface area contributed by atoms with Gasteiger partial charge in [0.05, 0.1) is 6.04 Å². The van der Waals surface area contributed by atoms with Crippen LogP contribution in [0, 0.1) is 5.92 Å². The van der Waals surface area contributed by atoms with Crippen molar-refractivity contribution >= 4 is 11.7 Å². The van der Waals surface area contributed by atoms with Gasteiger partial charge in [0.2, 0.25) is 0 Å². The maximum absolute atomic E-state index is 12.5. The van der Waals surface area contributed by atoms with Crippen molar-refractivity contribution in [2.75, 3.05) is 18.0 Å². The molecule has 0 saturated carbocycles. The van der Waals surface area contributed by atoms with E-state index in [1.807, 2.05) is 23.1 Å². The molecule has 0 radical (unpaired) electrons. The first-order valence-electron chi connectivity index (χ1n) is 7.48. The molecule has 1 aliphatic heterocycles. The highest BCUT2D eigenvalue weighted by Crippen LogP contribution is 2.29. The molecule has 0 fully saturated rings. The third kappa shape index (κ3) is 3.31. The summed E-state index contributed by atoms with van der Waals surface area (Å²) in [4.78, 5) is 14.4. The number of carbonyl (C=O) groups excluding carboxylic acids is 1. The maximum Gasteiger partial charge on any atom is 0.322 e. The lowest BCUT2D eigenvalue weighted by Crippen LogP contribution is -2.50. The number of nitrogens with one attached hydrogen (secondary N) is 1. The third-order valence-corrected chi connectivity index (χ3v) is 3.75. The van der Waals surface area contributed by atoms with Crippen molar-refractivity contribution in [2.45, 2.75) is 39.2 Å². The molecule has 1 atom stereocenters. The maximum atomic E-state index is 12.5. The van der Waals surface area contributed by atoms with Crippen LogP contribution in [0.3, 0.4) is 0 Å². The first kappa shape index (κ1) is 14.9. The topological polar surface area (TPSA) is 58.4 Å². The largest absolute Gasteiger partial charge is 0.337 e. The Morgan fingerprint density at radius 2 is 2.20 bits per heavy atom. The van der Waals surface area contributed by atoms with Crippen molar-refractivity contribution in [3.8, 4) is 0 Å². The number of benzene rings is 1. The highest BCUT2D eigenvalue weighted by molar-refractivity contribution is 5.93. The third-order valence-electron chi connectivity index (χ3n) is 3.75. The molecule has 1 aromatic rings. The molecule has 1 aromatic carbocycles. The Kier molecular flexibility index (Phi) is 5.01. The molecule has 2 amide bonds. The number of aryl methyl sites for hydroxylation is 1. The summed E-state index contributed by atoms with van der Waals surface area (Å²) >= 11 is 0. The Labute approximate surface area is 121 Å². The number of rotatable bonds is 3. The van der Waals surface area contributed by atoms with Crippen LogP contribution in [0.1, 0.15) is 32.3 Å². The molecule has 4 heteroatoms. The lowest BCUT2D eigenvalue weighted by molar-refractivity contribution is 0.242. The van der Waals surface area contributed by atoms with E-state index in [2.05, 4.69) is 25.2 Å². The van der Waals surface area contributed by atoms with Crippen molar-refractivity contribution in [1.82, 2.24) is 5.32 Å². The monoisotopic (exact) mass is 275 g/mol. The number of urea groups is 1. The second-order valence-electron chi connectivity index (χ2n) is 5.86. The van der Waals surface area contributed by atoms with Gasteiger partial charge in [-0.05, 0) is 36.8 Å². The molecular weight excluding hydrogens is 250 g/mol. The second-order valence-corrected chi connectivity index (χ2v) is 5.86. The predicted molar refractivity (Wildman–Crippen MR) is 82.9 cm³/mol. The van der Waals surface area contributed by atoms with Gasteiger partial charge in [0.15, 0.2) is 0 Å². The molecule has 0 bridgehead atoms. The number of anilines is 1. The van der Waals surface area contributed by atoms with E-state index in [4.69, 9.17) is 5.73 Å². The van der Waals surface area contributed by atoms with E-state index in [0.29, 0.717) is 19.0 Å². The number of hydrogen-bond acceptors (Lipinski definition) is 2. The molecule has 0 saturated heterocycles. The van der Waals surface area contributed by atoms with E-state index in [0.717, 1.165) is 24.9 Å². The number of para-hydroxylation sites is 1. The summed E-state index contributed by atoms with van der Waals surface area (Å²) in [6.07, 6.45) is 3.05. The van der Waals surface area contributed by atoms with Gasteiger partial charge < -0.3 is 11.1 Å². The van der Waals surface area contributed by atoms with Crippen molar-refractivity contribution in [2.24, 2.45) is 11.7 Å². The zero-order valence-electron chi connectivity index (χ0n) is 12.4. The van der Waals surface area contributed by atoms with Gasteiger partial charge >= 0.3 is 6.03 Å². The Hall–Kier alpha value is -1.55. The van der Waals surface area contributed by atoms with Gasteiger partial charge in [0.25, 0.3) is 0 Å². The summed E-state index contributed by atoms with van der Waals surface area (Å²) in [5.41, 5.74) is 8.15. The van der Waals surface area contributed by atoms with Crippen LogP contribution in [0.15, 0.2) is 24.3 Å². The normalized spacial score (nSPS) is 18.6. The van der Waals surface area contributed by atoms with Crippen molar-refractivity contribution < 1.29 is 4.79 Å². The van der Waals surface area contributed by atoms with E-state index >= 15 is 0 Å². The Bertz CT molecular complexity index is 459. The summed E-state index contributed by atoms with van der Waals surface area (Å²) in [5.74, 6) is 0.442. The Morgan fingerprint density at radius 3 is 2.90 bits per heavy atom. The van der Waals surface area contributed by atoms with E-state index in [1.54, 1.807) is 0 Å². The van der Waals surface area contributed by atoms with Crippen LogP contribution in [0.25, 0.3) is 0 Å². The Balaban J connectivity index is 2.27. The number of nitrogens with zero attached hydrogens (tertiary/aromatic N) is 1. The van der Waals surface area contributed by atoms with Crippen LogP contribution in [0.5, 0.6) is 0 Å². The molecule has 1 unspecified atom stereocenters. The lowest BCUT2D eigenvalue weighted by atomic mass is 10.1. The average Bonchev–Trinajstić information content (AvgIpc) is 2.63. The molecule has 1 aliphatic rings. The van der Waals surface area contributed by atoms with Crippen LogP contribution in [-0.2, 0) is 6.42 Å². The molecule has 0 spiro atoms. The summed E-state index contributed by atoms with van der Waals surface area (Å²) in [7, 11) is 0. The fraction of sp³-hybridized carbons (Fsp3) is 0.562. The summed E-state index contributed by atoms with van der Waals surface area (Å²) < 4.78 is 0. The molecule has 0 aromatic heterocycles. The van der Waals surface area contributed by atoms with Crippen molar-refractivity contribution in [3.63, 3.8) is 0 Å². The van der Waals surface area contributed by atoms with Gasteiger partial charge in [-0.1, -0.05) is 32.0 Å². The van der Waals surface area contributed by atoms with Crippen LogP contribution < -0.4 is 16.0 Å². The molecule has 3 N–H and O–H groups in total. The van der Waals surface area contributed by atoms with E-state index in [9.17, 15) is 4.79 Å². The number of fused-ring (bicyclic) bond motifs is 1. The number of nitrogens with two attached hydrogens (primary N) is 1. The van der Waals surface area contributed by atoms with Crippen LogP contribution in [0.2, 0.25) is 0 Å². The molecule has 2 rings (SSSR count). The minimum Gasteiger partial charge on any atom is -0.337 e. The van der Waals surface area contributed by atoms with E-state index in [-0.39, 0.29) is 12.1 Å². The second kappa shape index (κ2) is 6.75. The predicted octanol–water partition coefficient (Wildman–Crippen LogP) is 2.52. The number of amides is 2. The summed E-state index contributed by atoms with van der Waals surface area (Å²) in [5, 5.41) is 3.02. The molecule has 1 heterocycles. The van der Waals surface area contributed by atoms with Gasteiger partial charge in [0, 0.05) is 18.8 Å². The van der Waals surface area contributed by atoms with Gasteiger partial charge in [-0.3, -0.25) is 4.90 Å². The highest BCUT2D eigenvalue weighted by Gasteiger charge is 2.28. The van der Waals surface area contributed by atoms with Gasteiger partial charge in [-0.15, -0.1) is 0 Å². The van der Waals surface area contributed by atoms with E-state index < -0.39 is 0 Å². The molecule has 20 heavy (non-hydrogen) atoms. The quantitative estimate of drug-likeness (QED) is 0.890. The molecule has 110 valence electrons. The fourth-order valence-corrected chi connectivity index (χ4v) is 2.69. The van der Waals surface area contributed by atoms with Gasteiger partial charge in [-0.2, -0.15) is 0 Å². The van der Waals surface area contributed by atoms with E-state index in [1.165, 1.54) is 5.56 Å². The van der Waals surface area contributed by atoms with Crippen LogP contribution >= 0.6 is 0 Å². The van der Waals surface area contributed by atoms with Gasteiger partial charge in [-0.25, -0.2) is 4.79 Å². The number of carbonyl (C=O) groups is 1. The summed E-state index contributed by atoms with van der Waals surface area (Å²) in [6, 6.07) is 8.22. The highest BCUT2D eigenvalue weighted by atomic mass is 16.2. The fourth-order valence-electron chi connectivity index (χ4n) is 2.69. The first-order chi connectivity index (χ1) is 9.63. The smallest absolute Gasteiger partial charge is 0.322 e. The van der Waals surface area contributed by atoms with Gasteiger partial charge in [0.1, 0.15) is 0 Å². The molecular formula is C16H25N3O. The molecule has 4 nitrogen and oxygen atoms in total. The number of hydrogen-bond donors (Lipinski definition) is 2. The zero-order valence-corrected chi connectivity index (χ0v) is 12.4. The summed E-state index contributed by atoms with van der Waals surface area (Å²) in [6.45, 7) is 5.38. The Morgan fingerprint density at radius 1 is 1.45 bits per heavy atom. The SMILES string of the molecule is CC(C)CNC(=O)N1c2ccccc2CCCC1CN. The average molecular weight is 275 g/mol. The first-order valence-corrected chi connectivity index (χ1v) is 7.48. The lowest BCUT2D eigenvalue weighted by Gasteiger charge is -2.30. The van der Waals surface area contributed by atoms with Crippen LogP contribution in [0.4, 0.5) is 10.5 Å². The zero-order chi connectivity index (χ0) is 14.5. The minimum absolute atomic E-state index is 0.0245. The standard InChI is InChI=1S/C16H25N3O/c1-12(2)11-18-16(20)19-14(10-17)8-5-7-13-6-3-4-9-15(13)19/h3-4,6,9,12,14H,5,7-8,10-11,17H2,1-2H3,(H,18,20). The van der Waals surface area contributed by atoms with Crippen molar-refractivity contribution in [1.29, 1.82) is 0 Å². The van der Waals surface area contributed by atoms with Crippen molar-refractivity contribution in [3.05, 3.63) is 29.8 Å². The molecule has 0 aliphatic carbocycles. The van der Waals surface area contributed by atoms with Crippen LogP contribution in [-0.4, -0.2) is 25.2 Å². The minimum atomic E-state index is -0.0245.